The second-order valence-corrected chi connectivity index (χ2v) is 8.86. The van der Waals surface area contributed by atoms with Crippen LogP contribution >= 0.6 is 23.5 Å². The Hall–Kier alpha value is -2.46. The number of halogens is 3. The molecule has 0 aromatic heterocycles. The van der Waals surface area contributed by atoms with Crippen molar-refractivity contribution >= 4 is 56.8 Å². The highest BCUT2D eigenvalue weighted by atomic mass is 32.2. The van der Waals surface area contributed by atoms with Gasteiger partial charge in [0, 0.05) is 5.75 Å². The molecule has 2 aliphatic rings. The number of nitrogens with one attached hydrogen (secondary N) is 1. The number of benzene rings is 2. The molecular weight excluding hydrogens is 435 g/mol. The van der Waals surface area contributed by atoms with Crippen LogP contribution in [-0.4, -0.2) is 34.2 Å². The minimum Gasteiger partial charge on any atom is -0.324 e. The lowest BCUT2D eigenvalue weighted by molar-refractivity contribution is -0.157. The van der Waals surface area contributed by atoms with Gasteiger partial charge in [0.15, 0.2) is 0 Å². The van der Waals surface area contributed by atoms with Gasteiger partial charge in [0.1, 0.15) is 10.4 Å². The van der Waals surface area contributed by atoms with Gasteiger partial charge >= 0.3 is 6.18 Å². The zero-order valence-electron chi connectivity index (χ0n) is 15.5. The molecule has 0 radical (unpaired) electrons. The van der Waals surface area contributed by atoms with Crippen LogP contribution in [0.3, 0.4) is 0 Å². The number of para-hydroxylation sites is 3. The molecule has 0 aliphatic carbocycles. The van der Waals surface area contributed by atoms with Crippen LogP contribution in [-0.2, 0) is 15.3 Å². The van der Waals surface area contributed by atoms with Gasteiger partial charge in [0.2, 0.25) is 11.8 Å². The molecule has 5 nitrogen and oxygen atoms in total. The quantitative estimate of drug-likeness (QED) is 0.701. The summed E-state index contributed by atoms with van der Waals surface area (Å²) in [7, 11) is 0. The number of fused-ring (bicyclic) bond motifs is 2. The lowest BCUT2D eigenvalue weighted by atomic mass is 10.1. The Kier molecular flexibility index (Phi) is 5.79. The minimum absolute atomic E-state index is 0.0415. The Balaban J connectivity index is 1.59. The number of rotatable bonds is 2. The monoisotopic (exact) mass is 451 g/mol. The van der Waals surface area contributed by atoms with Crippen molar-refractivity contribution in [3.63, 3.8) is 0 Å². The van der Waals surface area contributed by atoms with E-state index in [0.717, 1.165) is 23.0 Å². The van der Waals surface area contributed by atoms with Crippen molar-refractivity contribution in [1.29, 1.82) is 0 Å². The molecule has 0 saturated carbocycles. The molecule has 1 atom stereocenters. The number of hydrogen-bond acceptors (Lipinski definition) is 5. The fourth-order valence-corrected chi connectivity index (χ4v) is 5.20. The van der Waals surface area contributed by atoms with E-state index in [1.54, 1.807) is 6.07 Å². The summed E-state index contributed by atoms with van der Waals surface area (Å²) < 4.78 is 41.9. The number of thioether (sulfide) groups is 2. The average Bonchev–Trinajstić information content (AvgIpc) is 2.87. The summed E-state index contributed by atoms with van der Waals surface area (Å²) in [6.07, 6.45) is -5.59. The molecule has 2 aromatic carbocycles. The number of hydrogen-bond donors (Lipinski definition) is 1. The summed E-state index contributed by atoms with van der Waals surface area (Å²) >= 11 is 2.55. The normalized spacial score (nSPS) is 18.6. The van der Waals surface area contributed by atoms with E-state index in [9.17, 15) is 22.8 Å². The van der Waals surface area contributed by atoms with Crippen LogP contribution in [0.25, 0.3) is 0 Å². The third-order valence-electron chi connectivity index (χ3n) is 4.65. The smallest absolute Gasteiger partial charge is 0.324 e. The third kappa shape index (κ3) is 4.34. The number of anilines is 2. The van der Waals surface area contributed by atoms with Crippen molar-refractivity contribution < 1.29 is 22.8 Å². The van der Waals surface area contributed by atoms with Crippen LogP contribution in [0.2, 0.25) is 0 Å². The summed E-state index contributed by atoms with van der Waals surface area (Å²) in [6.45, 7) is 0. The van der Waals surface area contributed by atoms with E-state index < -0.39 is 30.5 Å². The largest absolute Gasteiger partial charge is 0.409 e. The Labute approximate surface area is 179 Å². The van der Waals surface area contributed by atoms with Crippen LogP contribution in [0.4, 0.5) is 30.2 Å². The van der Waals surface area contributed by atoms with Gasteiger partial charge in [0.25, 0.3) is 0 Å². The second kappa shape index (κ2) is 8.35. The van der Waals surface area contributed by atoms with Crippen molar-refractivity contribution in [3.05, 3.63) is 54.1 Å². The molecule has 0 spiro atoms. The maximum atomic E-state index is 13.8. The second-order valence-electron chi connectivity index (χ2n) is 6.67. The minimum atomic E-state index is -4.74. The van der Waals surface area contributed by atoms with Crippen LogP contribution in [0, 0.1) is 0 Å². The van der Waals surface area contributed by atoms with E-state index in [1.807, 2.05) is 24.3 Å². The zero-order chi connectivity index (χ0) is 21.3. The van der Waals surface area contributed by atoms with E-state index in [4.69, 9.17) is 0 Å². The van der Waals surface area contributed by atoms with E-state index in [1.165, 1.54) is 30.0 Å². The van der Waals surface area contributed by atoms with Crippen molar-refractivity contribution in [2.24, 2.45) is 4.99 Å². The molecule has 1 N–H and O–H groups in total. The fourth-order valence-electron chi connectivity index (χ4n) is 3.27. The highest BCUT2D eigenvalue weighted by Crippen LogP contribution is 2.39. The topological polar surface area (TPSA) is 61.8 Å². The molecule has 0 fully saturated rings. The Morgan fingerprint density at radius 3 is 2.73 bits per heavy atom. The molecule has 2 aromatic rings. The van der Waals surface area contributed by atoms with E-state index in [0.29, 0.717) is 15.0 Å². The summed E-state index contributed by atoms with van der Waals surface area (Å²) in [5, 5.41) is 2.46. The first-order valence-electron chi connectivity index (χ1n) is 9.03. The van der Waals surface area contributed by atoms with Crippen molar-refractivity contribution in [2.75, 3.05) is 16.0 Å². The van der Waals surface area contributed by atoms with Crippen LogP contribution in [0.15, 0.2) is 53.5 Å². The van der Waals surface area contributed by atoms with E-state index in [2.05, 4.69) is 10.3 Å². The molecule has 30 heavy (non-hydrogen) atoms. The maximum Gasteiger partial charge on any atom is 0.409 e. The van der Waals surface area contributed by atoms with Gasteiger partial charge in [-0.3, -0.25) is 14.5 Å². The molecule has 0 saturated heterocycles. The van der Waals surface area contributed by atoms with E-state index >= 15 is 0 Å². The van der Waals surface area contributed by atoms with Gasteiger partial charge < -0.3 is 5.32 Å². The van der Waals surface area contributed by atoms with Crippen molar-refractivity contribution in [1.82, 2.24) is 0 Å². The Bertz CT molecular complexity index is 1030. The van der Waals surface area contributed by atoms with Crippen LogP contribution in [0.5, 0.6) is 0 Å². The molecular formula is C20H16F3N3O2S2. The molecule has 156 valence electrons. The molecule has 0 bridgehead atoms. The van der Waals surface area contributed by atoms with Gasteiger partial charge in [-0.1, -0.05) is 53.9 Å². The van der Waals surface area contributed by atoms with Crippen molar-refractivity contribution in [2.45, 2.75) is 24.4 Å². The molecule has 10 heteroatoms. The number of carbonyl (C=O) groups is 2. The zero-order valence-corrected chi connectivity index (χ0v) is 17.1. The van der Waals surface area contributed by atoms with Gasteiger partial charge in [-0.25, -0.2) is 4.99 Å². The predicted molar refractivity (Wildman–Crippen MR) is 114 cm³/mol. The summed E-state index contributed by atoms with van der Waals surface area (Å²) in [4.78, 5) is 30.2. The first kappa shape index (κ1) is 20.8. The van der Waals surface area contributed by atoms with Gasteiger partial charge in [-0.15, -0.1) is 0 Å². The SMILES string of the molecule is O=C1CC(C(F)(F)F)N(C(=O)CSC2=Nc3ccccc3CS2)c2ccccc2N1. The molecule has 1 unspecified atom stereocenters. The summed E-state index contributed by atoms with van der Waals surface area (Å²) in [5.74, 6) is -1.04. The number of nitrogens with zero attached hydrogens (tertiary/aromatic N) is 2. The van der Waals surface area contributed by atoms with Crippen LogP contribution in [0.1, 0.15) is 12.0 Å². The highest BCUT2D eigenvalue weighted by Gasteiger charge is 2.48. The molecule has 2 heterocycles. The summed E-state index contributed by atoms with van der Waals surface area (Å²) in [5.41, 5.74) is 2.10. The molecule has 2 amide bonds. The van der Waals surface area contributed by atoms with Crippen molar-refractivity contribution in [3.8, 4) is 0 Å². The first-order valence-corrected chi connectivity index (χ1v) is 11.0. The molecule has 2 aliphatic heterocycles. The standard InChI is InChI=1S/C20H16F3N3O2S2/c21-20(22,23)16-9-17(27)24-14-7-3-4-8-15(14)26(16)18(28)11-30-19-25-13-6-2-1-5-12(13)10-29-19/h1-8,16H,9-11H2,(H,24,27). The lowest BCUT2D eigenvalue weighted by Gasteiger charge is -2.31. The Morgan fingerprint density at radius 1 is 1.20 bits per heavy atom. The highest BCUT2D eigenvalue weighted by molar-refractivity contribution is 8.38. The Morgan fingerprint density at radius 2 is 1.93 bits per heavy atom. The lowest BCUT2D eigenvalue weighted by Crippen LogP contribution is -2.50. The fraction of sp³-hybridized carbons (Fsp3) is 0.250. The number of carbonyl (C=O) groups excluding carboxylic acids is 2. The summed E-state index contributed by atoms with van der Waals surface area (Å²) in [6, 6.07) is 11.4. The predicted octanol–water partition coefficient (Wildman–Crippen LogP) is 4.96. The average molecular weight is 451 g/mol. The van der Waals surface area contributed by atoms with E-state index in [-0.39, 0.29) is 17.1 Å². The third-order valence-corrected chi connectivity index (χ3v) is 6.88. The maximum absolute atomic E-state index is 13.8. The van der Waals surface area contributed by atoms with Gasteiger partial charge in [-0.05, 0) is 23.8 Å². The van der Waals surface area contributed by atoms with Gasteiger partial charge in [0.05, 0.1) is 29.2 Å². The molecule has 4 rings (SSSR count). The number of amides is 2. The first-order chi connectivity index (χ1) is 14.3. The number of aliphatic imine (C=N–C) groups is 1. The number of alkyl halides is 3. The van der Waals surface area contributed by atoms with Gasteiger partial charge in [-0.2, -0.15) is 13.2 Å². The van der Waals surface area contributed by atoms with Crippen LogP contribution < -0.4 is 10.2 Å².